The Hall–Kier alpha value is -2.29. The molecular formula is C20H23N2O+. The Morgan fingerprint density at radius 2 is 1.83 bits per heavy atom. The van der Waals surface area contributed by atoms with E-state index in [1.165, 1.54) is 16.9 Å². The summed E-state index contributed by atoms with van der Waals surface area (Å²) in [5, 5.41) is 0. The van der Waals surface area contributed by atoms with Gasteiger partial charge in [-0.2, -0.15) is 4.57 Å². The van der Waals surface area contributed by atoms with Crippen LogP contribution in [0.3, 0.4) is 0 Å². The largest absolute Gasteiger partial charge is 0.456 e. The van der Waals surface area contributed by atoms with E-state index in [0.29, 0.717) is 0 Å². The third-order valence-electron chi connectivity index (χ3n) is 5.68. The van der Waals surface area contributed by atoms with Crippen LogP contribution in [0.2, 0.25) is 0 Å². The molecule has 3 nitrogen and oxygen atoms in total. The van der Waals surface area contributed by atoms with Crippen molar-refractivity contribution in [2.24, 2.45) is 7.05 Å². The number of nitrogens with zero attached hydrogens (tertiary/aromatic N) is 2. The zero-order chi connectivity index (χ0) is 16.4. The van der Waals surface area contributed by atoms with E-state index in [0.717, 1.165) is 11.4 Å². The summed E-state index contributed by atoms with van der Waals surface area (Å²) in [4.78, 5) is 2.27. The van der Waals surface area contributed by atoms with Gasteiger partial charge in [-0.15, -0.1) is 0 Å². The summed E-state index contributed by atoms with van der Waals surface area (Å²) >= 11 is 0. The van der Waals surface area contributed by atoms with Crippen molar-refractivity contribution in [3.63, 3.8) is 0 Å². The Morgan fingerprint density at radius 1 is 1.09 bits per heavy atom. The Kier molecular flexibility index (Phi) is 2.72. The summed E-state index contributed by atoms with van der Waals surface area (Å²) in [7, 11) is 4.20. The van der Waals surface area contributed by atoms with E-state index in [1.807, 2.05) is 0 Å². The van der Waals surface area contributed by atoms with Crippen molar-refractivity contribution in [2.45, 2.75) is 31.9 Å². The highest BCUT2D eigenvalue weighted by Gasteiger charge is 2.58. The van der Waals surface area contributed by atoms with Gasteiger partial charge in [0.25, 0.3) is 0 Å². The third kappa shape index (κ3) is 1.62. The van der Waals surface area contributed by atoms with Gasteiger partial charge in [-0.25, -0.2) is 0 Å². The normalized spacial score (nSPS) is 23.6. The van der Waals surface area contributed by atoms with Gasteiger partial charge in [0.2, 0.25) is 11.4 Å². The van der Waals surface area contributed by atoms with Crippen LogP contribution in [-0.4, -0.2) is 12.8 Å². The molecule has 1 spiro atoms. The quantitative estimate of drug-likeness (QED) is 0.694. The molecule has 1 aromatic heterocycles. The van der Waals surface area contributed by atoms with Crippen molar-refractivity contribution in [1.82, 2.24) is 0 Å². The third-order valence-corrected chi connectivity index (χ3v) is 5.68. The Labute approximate surface area is 137 Å². The first kappa shape index (κ1) is 14.3. The number of ether oxygens (including phenoxy) is 1. The number of benzene rings is 1. The lowest BCUT2D eigenvalue weighted by Crippen LogP contribution is -2.59. The highest BCUT2D eigenvalue weighted by molar-refractivity contribution is 5.70. The topological polar surface area (TPSA) is 16.4 Å². The minimum absolute atomic E-state index is 0.143. The first-order valence-corrected chi connectivity index (χ1v) is 8.10. The van der Waals surface area contributed by atoms with E-state index in [1.54, 1.807) is 0 Å². The lowest BCUT2D eigenvalue weighted by molar-refractivity contribution is -0.680. The fourth-order valence-corrected chi connectivity index (χ4v) is 4.02. The predicted molar refractivity (Wildman–Crippen MR) is 92.6 cm³/mol. The molecule has 0 aliphatic carbocycles. The van der Waals surface area contributed by atoms with Gasteiger partial charge >= 0.3 is 0 Å². The Balaban J connectivity index is 1.91. The van der Waals surface area contributed by atoms with Crippen LogP contribution in [-0.2, 0) is 12.5 Å². The standard InChI is InChI=1S/C20H23N2O/c1-14-10-11-18-17(21(14)4)12-13-20(23-18)19(2,3)15-8-6-7-9-16(15)22(20)5/h6-13H,1-5H3/q+1/t20-/m0/s1. The van der Waals surface area contributed by atoms with E-state index in [9.17, 15) is 0 Å². The van der Waals surface area contributed by atoms with Crippen LogP contribution >= 0.6 is 0 Å². The molecule has 0 N–H and O–H groups in total. The smallest absolute Gasteiger partial charge is 0.247 e. The van der Waals surface area contributed by atoms with Crippen LogP contribution in [0.4, 0.5) is 5.69 Å². The van der Waals surface area contributed by atoms with E-state index >= 15 is 0 Å². The van der Waals surface area contributed by atoms with E-state index in [-0.39, 0.29) is 5.41 Å². The van der Waals surface area contributed by atoms with Gasteiger partial charge < -0.3 is 9.64 Å². The van der Waals surface area contributed by atoms with Gasteiger partial charge in [-0.3, -0.25) is 0 Å². The Bertz CT molecular complexity index is 838. The summed E-state index contributed by atoms with van der Waals surface area (Å²) in [6.07, 6.45) is 4.42. The van der Waals surface area contributed by atoms with Gasteiger partial charge in [0.05, 0.1) is 5.41 Å². The molecular weight excluding hydrogens is 284 g/mol. The second-order valence-corrected chi connectivity index (χ2v) is 7.12. The summed E-state index contributed by atoms with van der Waals surface area (Å²) in [5.74, 6) is 0.938. The molecule has 0 fully saturated rings. The van der Waals surface area contributed by atoms with Gasteiger partial charge in [0.15, 0.2) is 11.4 Å². The molecule has 0 unspecified atom stereocenters. The fraction of sp³-hybridized carbons (Fsp3) is 0.350. The van der Waals surface area contributed by atoms with E-state index in [4.69, 9.17) is 4.74 Å². The molecule has 0 bridgehead atoms. The molecule has 3 heterocycles. The molecule has 2 aliphatic rings. The number of hydrogen-bond acceptors (Lipinski definition) is 2. The summed E-state index contributed by atoms with van der Waals surface area (Å²) in [6.45, 7) is 6.64. The van der Waals surface area contributed by atoms with E-state index < -0.39 is 5.72 Å². The maximum Gasteiger partial charge on any atom is 0.247 e. The van der Waals surface area contributed by atoms with E-state index in [2.05, 4.69) is 92.9 Å². The molecule has 23 heavy (non-hydrogen) atoms. The number of pyridine rings is 1. The van der Waals surface area contributed by atoms with Crippen molar-refractivity contribution in [1.29, 1.82) is 0 Å². The second-order valence-electron chi connectivity index (χ2n) is 7.12. The number of anilines is 1. The lowest BCUT2D eigenvalue weighted by Gasteiger charge is -2.45. The summed E-state index contributed by atoms with van der Waals surface area (Å²) in [6, 6.07) is 12.8. The number of hydrogen-bond donors (Lipinski definition) is 0. The molecule has 4 rings (SSSR count). The number of aromatic nitrogens is 1. The van der Waals surface area contributed by atoms with Crippen molar-refractivity contribution in [2.75, 3.05) is 11.9 Å². The summed E-state index contributed by atoms with van der Waals surface area (Å²) in [5.41, 5.74) is 4.27. The van der Waals surface area contributed by atoms with Crippen molar-refractivity contribution in [3.8, 4) is 5.75 Å². The van der Waals surface area contributed by atoms with Crippen LogP contribution in [0, 0.1) is 6.92 Å². The number of fused-ring (bicyclic) bond motifs is 2. The van der Waals surface area contributed by atoms with Crippen LogP contribution in [0.15, 0.2) is 42.5 Å². The Morgan fingerprint density at radius 3 is 2.57 bits per heavy atom. The lowest BCUT2D eigenvalue weighted by atomic mass is 9.76. The maximum atomic E-state index is 6.64. The van der Waals surface area contributed by atoms with Crippen LogP contribution in [0.25, 0.3) is 6.08 Å². The monoisotopic (exact) mass is 307 g/mol. The maximum absolute atomic E-state index is 6.64. The molecule has 1 atom stereocenters. The molecule has 2 aromatic rings. The van der Waals surface area contributed by atoms with Crippen LogP contribution in [0.1, 0.15) is 30.8 Å². The van der Waals surface area contributed by atoms with Crippen molar-refractivity contribution < 1.29 is 9.30 Å². The van der Waals surface area contributed by atoms with Gasteiger partial charge in [0, 0.05) is 31.8 Å². The molecule has 0 amide bonds. The molecule has 2 aliphatic heterocycles. The minimum Gasteiger partial charge on any atom is -0.456 e. The summed E-state index contributed by atoms with van der Waals surface area (Å²) < 4.78 is 8.82. The fourth-order valence-electron chi connectivity index (χ4n) is 4.02. The average molecular weight is 307 g/mol. The second kappa shape index (κ2) is 4.38. The highest BCUT2D eigenvalue weighted by Crippen LogP contribution is 2.53. The number of aryl methyl sites for hydroxylation is 1. The SMILES string of the molecule is Cc1ccc2c([n+]1C)C=C[C@@]1(O2)N(C)c2ccccc2C1(C)C. The number of para-hydroxylation sites is 1. The average Bonchev–Trinajstić information content (AvgIpc) is 2.71. The van der Waals surface area contributed by atoms with Crippen LogP contribution < -0.4 is 14.2 Å². The molecule has 0 saturated carbocycles. The van der Waals surface area contributed by atoms with Crippen molar-refractivity contribution >= 4 is 11.8 Å². The van der Waals surface area contributed by atoms with Gasteiger partial charge in [0.1, 0.15) is 7.05 Å². The molecule has 118 valence electrons. The minimum atomic E-state index is -0.494. The van der Waals surface area contributed by atoms with Gasteiger partial charge in [-0.05, 0) is 37.6 Å². The molecule has 0 radical (unpaired) electrons. The first-order valence-electron chi connectivity index (χ1n) is 8.10. The zero-order valence-corrected chi connectivity index (χ0v) is 14.4. The predicted octanol–water partition coefficient (Wildman–Crippen LogP) is 3.35. The molecule has 1 aromatic carbocycles. The molecule has 3 heteroatoms. The molecule has 0 saturated heterocycles. The number of likely N-dealkylation sites (N-methyl/N-ethyl adjacent to an activating group) is 1. The number of rotatable bonds is 0. The first-order chi connectivity index (χ1) is 10.9. The highest BCUT2D eigenvalue weighted by atomic mass is 16.5. The van der Waals surface area contributed by atoms with Crippen molar-refractivity contribution in [3.05, 3.63) is 59.4 Å². The zero-order valence-electron chi connectivity index (χ0n) is 14.4. The van der Waals surface area contributed by atoms with Crippen LogP contribution in [0.5, 0.6) is 5.75 Å². The van der Waals surface area contributed by atoms with Gasteiger partial charge in [-0.1, -0.05) is 18.2 Å².